The highest BCUT2D eigenvalue weighted by molar-refractivity contribution is 5.93. The van der Waals surface area contributed by atoms with Gasteiger partial charge in [-0.1, -0.05) is 6.07 Å². The van der Waals surface area contributed by atoms with Crippen molar-refractivity contribution in [1.29, 1.82) is 0 Å². The Hall–Kier alpha value is -3.35. The van der Waals surface area contributed by atoms with Crippen molar-refractivity contribution in [2.45, 2.75) is 6.54 Å². The minimum atomic E-state index is -0.181. The normalized spacial score (nSPS) is 12.6. The molecule has 7 heteroatoms. The van der Waals surface area contributed by atoms with Crippen LogP contribution in [0.3, 0.4) is 0 Å². The molecule has 0 saturated heterocycles. The predicted octanol–water partition coefficient (Wildman–Crippen LogP) is 1.97. The Balaban J connectivity index is 1.40. The molecule has 3 heterocycles. The number of hydrogen-bond acceptors (Lipinski definition) is 5. The summed E-state index contributed by atoms with van der Waals surface area (Å²) in [6.07, 6.45) is 6.68. The third kappa shape index (κ3) is 3.30. The lowest BCUT2D eigenvalue weighted by atomic mass is 10.2. The van der Waals surface area contributed by atoms with E-state index < -0.39 is 0 Å². The second-order valence-corrected chi connectivity index (χ2v) is 5.54. The number of carbonyl (C=O) groups is 1. The van der Waals surface area contributed by atoms with Crippen molar-refractivity contribution < 1.29 is 14.3 Å². The molecule has 7 nitrogen and oxygen atoms in total. The Morgan fingerprint density at radius 2 is 2.04 bits per heavy atom. The minimum absolute atomic E-state index is 0.181. The van der Waals surface area contributed by atoms with Gasteiger partial charge in [-0.25, -0.2) is 9.97 Å². The Kier molecular flexibility index (Phi) is 4.04. The molecule has 1 aliphatic heterocycles. The fourth-order valence-corrected chi connectivity index (χ4v) is 2.55. The average Bonchev–Trinajstić information content (AvgIpc) is 3.21. The number of aromatic nitrogens is 3. The Morgan fingerprint density at radius 1 is 1.16 bits per heavy atom. The van der Waals surface area contributed by atoms with Crippen LogP contribution in [0, 0.1) is 0 Å². The molecule has 3 aromatic rings. The van der Waals surface area contributed by atoms with Gasteiger partial charge in [0.1, 0.15) is 25.4 Å². The lowest BCUT2D eigenvalue weighted by Crippen LogP contribution is -2.23. The number of amides is 1. The average molecular weight is 336 g/mol. The third-order valence-corrected chi connectivity index (χ3v) is 3.84. The van der Waals surface area contributed by atoms with E-state index in [-0.39, 0.29) is 5.91 Å². The smallest absolute Gasteiger partial charge is 0.253 e. The highest BCUT2D eigenvalue weighted by atomic mass is 16.6. The van der Waals surface area contributed by atoms with Crippen molar-refractivity contribution in [3.05, 3.63) is 66.4 Å². The minimum Gasteiger partial charge on any atom is -0.486 e. The Bertz CT molecular complexity index is 876. The standard InChI is InChI=1S/C18H16N4O3/c23-18(14-2-4-17(20-11-14)22-6-5-19-12-22)21-10-13-1-3-15-16(9-13)25-8-7-24-15/h1-6,9,11-12H,7-8,10H2,(H,21,23). The number of fused-ring (bicyclic) bond motifs is 1. The van der Waals surface area contributed by atoms with E-state index in [1.165, 1.54) is 0 Å². The molecule has 126 valence electrons. The van der Waals surface area contributed by atoms with Gasteiger partial charge < -0.3 is 14.8 Å². The van der Waals surface area contributed by atoms with Gasteiger partial charge in [-0.3, -0.25) is 9.36 Å². The first-order valence-electron chi connectivity index (χ1n) is 7.91. The van der Waals surface area contributed by atoms with Crippen molar-refractivity contribution in [3.63, 3.8) is 0 Å². The van der Waals surface area contributed by atoms with Gasteiger partial charge in [0.2, 0.25) is 0 Å². The number of ether oxygens (including phenoxy) is 2. The van der Waals surface area contributed by atoms with Crippen LogP contribution in [0.1, 0.15) is 15.9 Å². The SMILES string of the molecule is O=C(NCc1ccc2c(c1)OCCO2)c1ccc(-n2ccnc2)nc1. The Morgan fingerprint density at radius 3 is 2.80 bits per heavy atom. The van der Waals surface area contributed by atoms with Crippen LogP contribution in [0.25, 0.3) is 5.82 Å². The lowest BCUT2D eigenvalue weighted by molar-refractivity contribution is 0.0950. The first-order chi connectivity index (χ1) is 12.3. The molecule has 0 bridgehead atoms. The molecule has 1 aliphatic rings. The van der Waals surface area contributed by atoms with Crippen LogP contribution < -0.4 is 14.8 Å². The van der Waals surface area contributed by atoms with Crippen LogP contribution in [0.5, 0.6) is 11.5 Å². The molecule has 1 aromatic carbocycles. The van der Waals surface area contributed by atoms with Gasteiger partial charge in [0.05, 0.1) is 5.56 Å². The molecule has 0 unspecified atom stereocenters. The predicted molar refractivity (Wildman–Crippen MR) is 90.0 cm³/mol. The highest BCUT2D eigenvalue weighted by Gasteiger charge is 2.12. The zero-order valence-corrected chi connectivity index (χ0v) is 13.4. The highest BCUT2D eigenvalue weighted by Crippen LogP contribution is 2.30. The largest absolute Gasteiger partial charge is 0.486 e. The maximum atomic E-state index is 12.3. The summed E-state index contributed by atoms with van der Waals surface area (Å²) in [5, 5.41) is 2.88. The van der Waals surface area contributed by atoms with Crippen LogP contribution >= 0.6 is 0 Å². The van der Waals surface area contributed by atoms with Crippen molar-refractivity contribution in [1.82, 2.24) is 19.9 Å². The molecule has 0 fully saturated rings. The second-order valence-electron chi connectivity index (χ2n) is 5.54. The van der Waals surface area contributed by atoms with Crippen molar-refractivity contribution in [3.8, 4) is 17.3 Å². The number of nitrogens with one attached hydrogen (secondary N) is 1. The van der Waals surface area contributed by atoms with Gasteiger partial charge in [-0.15, -0.1) is 0 Å². The van der Waals surface area contributed by atoms with E-state index in [4.69, 9.17) is 9.47 Å². The van der Waals surface area contributed by atoms with Crippen LogP contribution in [0.15, 0.2) is 55.2 Å². The number of rotatable bonds is 4. The van der Waals surface area contributed by atoms with Crippen LogP contribution in [-0.2, 0) is 6.54 Å². The zero-order chi connectivity index (χ0) is 17.1. The summed E-state index contributed by atoms with van der Waals surface area (Å²) >= 11 is 0. The summed E-state index contributed by atoms with van der Waals surface area (Å²) in [5.74, 6) is 1.98. The van der Waals surface area contributed by atoms with Gasteiger partial charge in [0, 0.05) is 25.1 Å². The van der Waals surface area contributed by atoms with Gasteiger partial charge >= 0.3 is 0 Å². The second kappa shape index (κ2) is 6.64. The van der Waals surface area contributed by atoms with E-state index in [0.29, 0.717) is 36.9 Å². The van der Waals surface area contributed by atoms with Crippen LogP contribution in [0.2, 0.25) is 0 Å². The lowest BCUT2D eigenvalue weighted by Gasteiger charge is -2.19. The summed E-state index contributed by atoms with van der Waals surface area (Å²) < 4.78 is 12.8. The summed E-state index contributed by atoms with van der Waals surface area (Å²) in [5.41, 5.74) is 1.45. The molecule has 0 atom stereocenters. The fourth-order valence-electron chi connectivity index (χ4n) is 2.55. The molecule has 1 amide bonds. The molecule has 1 N–H and O–H groups in total. The Labute approximate surface area is 144 Å². The van der Waals surface area contributed by atoms with E-state index in [1.54, 1.807) is 41.6 Å². The molecular formula is C18H16N4O3. The van der Waals surface area contributed by atoms with E-state index in [2.05, 4.69) is 15.3 Å². The van der Waals surface area contributed by atoms with Gasteiger partial charge in [-0.2, -0.15) is 0 Å². The number of pyridine rings is 1. The van der Waals surface area contributed by atoms with Crippen LogP contribution in [0.4, 0.5) is 0 Å². The fraction of sp³-hybridized carbons (Fsp3) is 0.167. The van der Waals surface area contributed by atoms with Gasteiger partial charge in [-0.05, 0) is 29.8 Å². The first-order valence-corrected chi connectivity index (χ1v) is 7.91. The van der Waals surface area contributed by atoms with E-state index >= 15 is 0 Å². The van der Waals surface area contributed by atoms with Crippen molar-refractivity contribution in [2.24, 2.45) is 0 Å². The summed E-state index contributed by atoms with van der Waals surface area (Å²) in [7, 11) is 0. The number of imidazole rings is 1. The van der Waals surface area contributed by atoms with Crippen molar-refractivity contribution >= 4 is 5.91 Å². The number of hydrogen-bond donors (Lipinski definition) is 1. The third-order valence-electron chi connectivity index (χ3n) is 3.84. The molecule has 2 aromatic heterocycles. The van der Waals surface area contributed by atoms with E-state index in [1.807, 2.05) is 18.2 Å². The van der Waals surface area contributed by atoms with Crippen molar-refractivity contribution in [2.75, 3.05) is 13.2 Å². The van der Waals surface area contributed by atoms with Gasteiger partial charge in [0.15, 0.2) is 11.5 Å². The summed E-state index contributed by atoms with van der Waals surface area (Å²) in [4.78, 5) is 20.5. The summed E-state index contributed by atoms with van der Waals surface area (Å²) in [6, 6.07) is 9.17. The molecule has 0 aliphatic carbocycles. The molecule has 0 saturated carbocycles. The monoisotopic (exact) mass is 336 g/mol. The number of benzene rings is 1. The summed E-state index contributed by atoms with van der Waals surface area (Å²) in [6.45, 7) is 1.50. The number of nitrogens with zero attached hydrogens (tertiary/aromatic N) is 3. The maximum absolute atomic E-state index is 12.3. The first kappa shape index (κ1) is 15.2. The van der Waals surface area contributed by atoms with Crippen LogP contribution in [-0.4, -0.2) is 33.7 Å². The van der Waals surface area contributed by atoms with E-state index in [9.17, 15) is 4.79 Å². The van der Waals surface area contributed by atoms with Gasteiger partial charge in [0.25, 0.3) is 5.91 Å². The quantitative estimate of drug-likeness (QED) is 0.788. The molecule has 4 rings (SSSR count). The topological polar surface area (TPSA) is 78.3 Å². The van der Waals surface area contributed by atoms with E-state index in [0.717, 1.165) is 11.3 Å². The molecule has 0 spiro atoms. The molecular weight excluding hydrogens is 320 g/mol. The number of carbonyl (C=O) groups excluding carboxylic acids is 1. The zero-order valence-electron chi connectivity index (χ0n) is 13.4. The maximum Gasteiger partial charge on any atom is 0.253 e. The molecule has 25 heavy (non-hydrogen) atoms. The molecule has 0 radical (unpaired) electrons.